The summed E-state index contributed by atoms with van der Waals surface area (Å²) >= 11 is 1.44. The van der Waals surface area contributed by atoms with Gasteiger partial charge >= 0.3 is 0 Å². The van der Waals surface area contributed by atoms with Crippen LogP contribution >= 0.6 is 11.8 Å². The molecule has 5 heteroatoms. The van der Waals surface area contributed by atoms with Gasteiger partial charge in [0.15, 0.2) is 5.17 Å². The Bertz CT molecular complexity index is 762. The molecule has 2 heterocycles. The standard InChI is InChI=1S/C18H19N3OS/c1-3-10-21-17(22)16(12-14-9-11-20(2)13-14)23-18(21)19-15-7-5-4-6-8-15/h4-9,11-13H,3,10H2,1-2H3/b16-12+,19-18?. The number of amides is 1. The molecule has 0 bridgehead atoms. The Kier molecular flexibility index (Phi) is 4.67. The Balaban J connectivity index is 1.92. The molecule has 1 saturated heterocycles. The summed E-state index contributed by atoms with van der Waals surface area (Å²) < 4.78 is 1.97. The third-order valence-electron chi connectivity index (χ3n) is 3.47. The molecule has 0 aliphatic carbocycles. The summed E-state index contributed by atoms with van der Waals surface area (Å²) in [5.74, 6) is 0.0374. The molecule has 0 atom stereocenters. The number of amidine groups is 1. The molecule has 0 N–H and O–H groups in total. The van der Waals surface area contributed by atoms with Crippen LogP contribution in [0.4, 0.5) is 5.69 Å². The molecule has 0 unspecified atom stereocenters. The highest BCUT2D eigenvalue weighted by Gasteiger charge is 2.32. The third-order valence-corrected chi connectivity index (χ3v) is 4.48. The first-order valence-corrected chi connectivity index (χ1v) is 8.46. The van der Waals surface area contributed by atoms with Crippen molar-refractivity contribution in [2.75, 3.05) is 6.54 Å². The van der Waals surface area contributed by atoms with Crippen molar-refractivity contribution >= 4 is 34.6 Å². The van der Waals surface area contributed by atoms with E-state index in [9.17, 15) is 4.79 Å². The van der Waals surface area contributed by atoms with Crippen LogP contribution in [-0.2, 0) is 11.8 Å². The maximum atomic E-state index is 12.7. The number of hydrogen-bond acceptors (Lipinski definition) is 3. The number of benzene rings is 1. The van der Waals surface area contributed by atoms with Crippen molar-refractivity contribution in [2.24, 2.45) is 12.0 Å². The third kappa shape index (κ3) is 3.56. The van der Waals surface area contributed by atoms with E-state index in [1.54, 1.807) is 4.90 Å². The number of carbonyl (C=O) groups is 1. The Morgan fingerprint density at radius 1 is 1.22 bits per heavy atom. The molecule has 1 amide bonds. The molecule has 0 spiro atoms. The van der Waals surface area contributed by atoms with Gasteiger partial charge in [-0.05, 0) is 48.0 Å². The monoisotopic (exact) mass is 325 g/mol. The van der Waals surface area contributed by atoms with Crippen LogP contribution in [0.25, 0.3) is 6.08 Å². The van der Waals surface area contributed by atoms with Crippen molar-refractivity contribution in [1.82, 2.24) is 9.47 Å². The fourth-order valence-corrected chi connectivity index (χ4v) is 3.41. The van der Waals surface area contributed by atoms with Crippen LogP contribution in [0.2, 0.25) is 0 Å². The lowest BCUT2D eigenvalue weighted by molar-refractivity contribution is -0.122. The van der Waals surface area contributed by atoms with Gasteiger partial charge in [0, 0.05) is 26.0 Å². The lowest BCUT2D eigenvalue weighted by Crippen LogP contribution is -2.29. The van der Waals surface area contributed by atoms with E-state index in [-0.39, 0.29) is 5.91 Å². The SMILES string of the molecule is CCCN1C(=O)/C(=C\c2ccn(C)c2)SC1=Nc1ccccc1. The highest BCUT2D eigenvalue weighted by molar-refractivity contribution is 8.18. The Morgan fingerprint density at radius 3 is 2.65 bits per heavy atom. The second-order valence-corrected chi connectivity index (χ2v) is 6.42. The summed E-state index contributed by atoms with van der Waals surface area (Å²) in [6.07, 6.45) is 6.80. The molecular weight excluding hydrogens is 306 g/mol. The van der Waals surface area contributed by atoms with E-state index in [4.69, 9.17) is 0 Å². The summed E-state index contributed by atoms with van der Waals surface area (Å²) in [5, 5.41) is 0.755. The van der Waals surface area contributed by atoms with E-state index in [0.717, 1.165) is 27.7 Å². The smallest absolute Gasteiger partial charge is 0.266 e. The number of carbonyl (C=O) groups excluding carboxylic acids is 1. The van der Waals surface area contributed by atoms with Gasteiger partial charge in [0.1, 0.15) is 0 Å². The summed E-state index contributed by atoms with van der Waals surface area (Å²) in [4.78, 5) is 19.8. The Labute approximate surface area is 140 Å². The van der Waals surface area contributed by atoms with Gasteiger partial charge in [-0.25, -0.2) is 4.99 Å². The second-order valence-electron chi connectivity index (χ2n) is 5.41. The molecule has 4 nitrogen and oxygen atoms in total. The van der Waals surface area contributed by atoms with Crippen molar-refractivity contribution in [1.29, 1.82) is 0 Å². The average Bonchev–Trinajstić information content (AvgIpc) is 3.08. The lowest BCUT2D eigenvalue weighted by Gasteiger charge is -2.13. The molecule has 1 aliphatic heterocycles. The van der Waals surface area contributed by atoms with E-state index >= 15 is 0 Å². The molecule has 2 aromatic rings. The maximum absolute atomic E-state index is 12.7. The van der Waals surface area contributed by atoms with Crippen LogP contribution in [0, 0.1) is 0 Å². The van der Waals surface area contributed by atoms with Crippen molar-refractivity contribution in [3.8, 4) is 0 Å². The fourth-order valence-electron chi connectivity index (χ4n) is 2.39. The van der Waals surface area contributed by atoms with Crippen LogP contribution in [0.1, 0.15) is 18.9 Å². The molecule has 0 saturated carbocycles. The van der Waals surface area contributed by atoms with Crippen LogP contribution < -0.4 is 0 Å². The molecule has 3 rings (SSSR count). The quantitative estimate of drug-likeness (QED) is 0.796. The number of aromatic nitrogens is 1. The minimum Gasteiger partial charge on any atom is -0.357 e. The van der Waals surface area contributed by atoms with Crippen LogP contribution in [0.5, 0.6) is 0 Å². The topological polar surface area (TPSA) is 37.6 Å². The lowest BCUT2D eigenvalue weighted by atomic mass is 10.3. The summed E-state index contributed by atoms with van der Waals surface area (Å²) in [5.41, 5.74) is 1.89. The van der Waals surface area contributed by atoms with Gasteiger partial charge in [-0.3, -0.25) is 9.69 Å². The normalized spacial score (nSPS) is 18.3. The molecular formula is C18H19N3OS. The molecule has 1 aromatic carbocycles. The predicted molar refractivity (Wildman–Crippen MR) is 96.5 cm³/mol. The van der Waals surface area contributed by atoms with E-state index in [1.165, 1.54) is 11.8 Å². The Hall–Kier alpha value is -2.27. The van der Waals surface area contributed by atoms with Gasteiger partial charge in [0.2, 0.25) is 0 Å². The first kappa shape index (κ1) is 15.6. The minimum atomic E-state index is 0.0374. The zero-order valence-corrected chi connectivity index (χ0v) is 14.1. The molecule has 1 aliphatic rings. The van der Waals surface area contributed by atoms with Crippen molar-refractivity contribution in [3.05, 3.63) is 59.3 Å². The number of rotatable bonds is 4. The van der Waals surface area contributed by atoms with E-state index in [0.29, 0.717) is 6.54 Å². The van der Waals surface area contributed by atoms with Gasteiger partial charge in [0.05, 0.1) is 10.6 Å². The van der Waals surface area contributed by atoms with Gasteiger partial charge < -0.3 is 4.57 Å². The van der Waals surface area contributed by atoms with Gasteiger partial charge in [0.25, 0.3) is 5.91 Å². The molecule has 23 heavy (non-hydrogen) atoms. The van der Waals surface area contributed by atoms with Crippen molar-refractivity contribution in [2.45, 2.75) is 13.3 Å². The molecule has 118 valence electrons. The zero-order valence-electron chi connectivity index (χ0n) is 13.3. The first-order chi connectivity index (χ1) is 11.2. The first-order valence-electron chi connectivity index (χ1n) is 7.64. The fraction of sp³-hybridized carbons (Fsp3) is 0.222. The maximum Gasteiger partial charge on any atom is 0.266 e. The predicted octanol–water partition coefficient (Wildman–Crippen LogP) is 4.04. The number of hydrogen-bond donors (Lipinski definition) is 0. The number of thioether (sulfide) groups is 1. The van der Waals surface area contributed by atoms with Crippen LogP contribution in [-0.4, -0.2) is 27.1 Å². The second kappa shape index (κ2) is 6.87. The van der Waals surface area contributed by atoms with Gasteiger partial charge in [-0.15, -0.1) is 0 Å². The molecule has 1 fully saturated rings. The van der Waals surface area contributed by atoms with Crippen LogP contribution in [0.3, 0.4) is 0 Å². The minimum absolute atomic E-state index is 0.0374. The Morgan fingerprint density at radius 2 is 2.00 bits per heavy atom. The largest absolute Gasteiger partial charge is 0.357 e. The number of para-hydroxylation sites is 1. The van der Waals surface area contributed by atoms with Crippen LogP contribution in [0.15, 0.2) is 58.7 Å². The number of nitrogens with zero attached hydrogens (tertiary/aromatic N) is 3. The molecule has 0 radical (unpaired) electrons. The van der Waals surface area contributed by atoms with Gasteiger partial charge in [-0.2, -0.15) is 0 Å². The average molecular weight is 325 g/mol. The molecule has 1 aromatic heterocycles. The van der Waals surface area contributed by atoms with E-state index in [2.05, 4.69) is 11.9 Å². The van der Waals surface area contributed by atoms with E-state index < -0.39 is 0 Å². The zero-order chi connectivity index (χ0) is 16.2. The van der Waals surface area contributed by atoms with E-state index in [1.807, 2.05) is 66.5 Å². The highest BCUT2D eigenvalue weighted by atomic mass is 32.2. The highest BCUT2D eigenvalue weighted by Crippen LogP contribution is 2.34. The summed E-state index contributed by atoms with van der Waals surface area (Å²) in [6, 6.07) is 11.7. The number of aryl methyl sites for hydroxylation is 1. The summed E-state index contributed by atoms with van der Waals surface area (Å²) in [7, 11) is 1.97. The van der Waals surface area contributed by atoms with Gasteiger partial charge in [-0.1, -0.05) is 25.1 Å². The summed E-state index contributed by atoms with van der Waals surface area (Å²) in [6.45, 7) is 2.75. The van der Waals surface area contributed by atoms with Crippen molar-refractivity contribution < 1.29 is 4.79 Å². The van der Waals surface area contributed by atoms with Crippen molar-refractivity contribution in [3.63, 3.8) is 0 Å². The number of aliphatic imine (C=N–C) groups is 1.